The average Bonchev–Trinajstić information content (AvgIpc) is 2.40. The SMILES string of the molecule is Cc1ccc(C(C(C)N)N2CCC(C(F)(F)F)CC2)cc1. The van der Waals surface area contributed by atoms with Gasteiger partial charge in [0.15, 0.2) is 0 Å². The van der Waals surface area contributed by atoms with Crippen LogP contribution in [-0.2, 0) is 0 Å². The van der Waals surface area contributed by atoms with Crippen LogP contribution in [0.4, 0.5) is 13.2 Å². The summed E-state index contributed by atoms with van der Waals surface area (Å²) in [7, 11) is 0. The van der Waals surface area contributed by atoms with Crippen LogP contribution >= 0.6 is 0 Å². The van der Waals surface area contributed by atoms with Crippen molar-refractivity contribution >= 4 is 0 Å². The summed E-state index contributed by atoms with van der Waals surface area (Å²) in [5, 5.41) is 0. The molecule has 0 bridgehead atoms. The summed E-state index contributed by atoms with van der Waals surface area (Å²) in [6, 6.07) is 7.97. The largest absolute Gasteiger partial charge is 0.391 e. The fourth-order valence-electron chi connectivity index (χ4n) is 3.12. The fourth-order valence-corrected chi connectivity index (χ4v) is 3.12. The molecule has 1 aliphatic heterocycles. The highest BCUT2D eigenvalue weighted by atomic mass is 19.4. The van der Waals surface area contributed by atoms with Crippen molar-refractivity contribution in [1.29, 1.82) is 0 Å². The first-order valence-corrected chi connectivity index (χ1v) is 7.42. The third kappa shape index (κ3) is 3.98. The van der Waals surface area contributed by atoms with Crippen molar-refractivity contribution in [3.05, 3.63) is 35.4 Å². The molecule has 118 valence electrons. The molecule has 1 saturated heterocycles. The first kappa shape index (κ1) is 16.3. The van der Waals surface area contributed by atoms with E-state index in [1.54, 1.807) is 0 Å². The lowest BCUT2D eigenvalue weighted by atomic mass is 9.91. The summed E-state index contributed by atoms with van der Waals surface area (Å²) in [5.74, 6) is -1.17. The number of benzene rings is 1. The Kier molecular flexibility index (Phi) is 4.94. The second-order valence-electron chi connectivity index (χ2n) is 6.07. The molecule has 0 spiro atoms. The lowest BCUT2D eigenvalue weighted by Gasteiger charge is -2.40. The Morgan fingerprint density at radius 3 is 2.10 bits per heavy atom. The third-order valence-electron chi connectivity index (χ3n) is 4.30. The topological polar surface area (TPSA) is 29.3 Å². The first-order valence-electron chi connectivity index (χ1n) is 7.42. The van der Waals surface area contributed by atoms with Crippen molar-refractivity contribution in [3.63, 3.8) is 0 Å². The number of nitrogens with two attached hydrogens (primary N) is 1. The predicted octanol–water partition coefficient (Wildman–Crippen LogP) is 3.66. The van der Waals surface area contributed by atoms with Crippen molar-refractivity contribution in [3.8, 4) is 0 Å². The highest BCUT2D eigenvalue weighted by molar-refractivity contribution is 5.25. The van der Waals surface area contributed by atoms with Crippen molar-refractivity contribution in [2.24, 2.45) is 11.7 Å². The van der Waals surface area contributed by atoms with E-state index in [-0.39, 0.29) is 24.9 Å². The zero-order valence-corrected chi connectivity index (χ0v) is 12.5. The van der Waals surface area contributed by atoms with E-state index in [2.05, 4.69) is 4.90 Å². The van der Waals surface area contributed by atoms with Crippen molar-refractivity contribution in [2.45, 2.75) is 44.9 Å². The van der Waals surface area contributed by atoms with Gasteiger partial charge in [-0.3, -0.25) is 4.90 Å². The maximum atomic E-state index is 12.8. The number of piperidine rings is 1. The Morgan fingerprint density at radius 2 is 1.67 bits per heavy atom. The molecule has 2 N–H and O–H groups in total. The first-order chi connectivity index (χ1) is 9.79. The third-order valence-corrected chi connectivity index (χ3v) is 4.30. The van der Waals surface area contributed by atoms with Gasteiger partial charge in [0.1, 0.15) is 0 Å². The van der Waals surface area contributed by atoms with Crippen LogP contribution in [0.5, 0.6) is 0 Å². The molecular formula is C16H23F3N2. The molecular weight excluding hydrogens is 277 g/mol. The van der Waals surface area contributed by atoms with Crippen LogP contribution in [0.25, 0.3) is 0 Å². The Morgan fingerprint density at radius 1 is 1.14 bits per heavy atom. The number of alkyl halides is 3. The van der Waals surface area contributed by atoms with Crippen LogP contribution in [0.3, 0.4) is 0 Å². The number of hydrogen-bond acceptors (Lipinski definition) is 2. The highest BCUT2D eigenvalue weighted by Crippen LogP contribution is 2.36. The number of rotatable bonds is 3. The molecule has 1 heterocycles. The van der Waals surface area contributed by atoms with E-state index in [4.69, 9.17) is 5.73 Å². The minimum Gasteiger partial charge on any atom is -0.326 e. The van der Waals surface area contributed by atoms with E-state index in [1.165, 1.54) is 0 Å². The molecule has 5 heteroatoms. The van der Waals surface area contributed by atoms with E-state index < -0.39 is 12.1 Å². The van der Waals surface area contributed by atoms with E-state index in [9.17, 15) is 13.2 Å². The Hall–Kier alpha value is -1.07. The Balaban J connectivity index is 2.09. The van der Waals surface area contributed by atoms with Crippen LogP contribution < -0.4 is 5.73 Å². The van der Waals surface area contributed by atoms with Gasteiger partial charge in [0, 0.05) is 12.1 Å². The van der Waals surface area contributed by atoms with Gasteiger partial charge in [0.05, 0.1) is 5.92 Å². The molecule has 1 fully saturated rings. The Bertz CT molecular complexity index is 446. The van der Waals surface area contributed by atoms with Gasteiger partial charge in [0.2, 0.25) is 0 Å². The summed E-state index contributed by atoms with van der Waals surface area (Å²) in [6.45, 7) is 4.83. The van der Waals surface area contributed by atoms with Gasteiger partial charge in [0.25, 0.3) is 0 Å². The van der Waals surface area contributed by atoms with Crippen LogP contribution in [0, 0.1) is 12.8 Å². The molecule has 2 nitrogen and oxygen atoms in total. The van der Waals surface area contributed by atoms with Gasteiger partial charge in [-0.15, -0.1) is 0 Å². The summed E-state index contributed by atoms with van der Waals surface area (Å²) < 4.78 is 38.3. The molecule has 2 rings (SSSR count). The highest BCUT2D eigenvalue weighted by Gasteiger charge is 2.42. The van der Waals surface area contributed by atoms with E-state index in [0.29, 0.717) is 13.1 Å². The van der Waals surface area contributed by atoms with Crippen molar-refractivity contribution < 1.29 is 13.2 Å². The van der Waals surface area contributed by atoms with Crippen molar-refractivity contribution in [2.75, 3.05) is 13.1 Å². The minimum atomic E-state index is -4.07. The summed E-state index contributed by atoms with van der Waals surface area (Å²) >= 11 is 0. The quantitative estimate of drug-likeness (QED) is 0.923. The number of halogens is 3. The summed E-state index contributed by atoms with van der Waals surface area (Å²) in [5.41, 5.74) is 8.34. The molecule has 1 aromatic rings. The summed E-state index contributed by atoms with van der Waals surface area (Å²) in [6.07, 6.45) is -3.74. The zero-order chi connectivity index (χ0) is 15.6. The lowest BCUT2D eigenvalue weighted by Crippen LogP contribution is -2.45. The van der Waals surface area contributed by atoms with Gasteiger partial charge in [-0.05, 0) is 45.3 Å². The monoisotopic (exact) mass is 300 g/mol. The number of aryl methyl sites for hydroxylation is 1. The maximum Gasteiger partial charge on any atom is 0.391 e. The van der Waals surface area contributed by atoms with Crippen LogP contribution in [0.1, 0.15) is 36.9 Å². The van der Waals surface area contributed by atoms with Gasteiger partial charge in [-0.2, -0.15) is 13.2 Å². The van der Waals surface area contributed by atoms with E-state index in [0.717, 1.165) is 11.1 Å². The molecule has 0 aliphatic carbocycles. The molecule has 1 aliphatic rings. The van der Waals surface area contributed by atoms with Gasteiger partial charge >= 0.3 is 6.18 Å². The molecule has 2 atom stereocenters. The predicted molar refractivity (Wildman–Crippen MR) is 77.9 cm³/mol. The Labute approximate surface area is 124 Å². The smallest absolute Gasteiger partial charge is 0.326 e. The second kappa shape index (κ2) is 6.36. The maximum absolute atomic E-state index is 12.8. The number of hydrogen-bond donors (Lipinski definition) is 1. The minimum absolute atomic E-state index is 0.0141. The number of likely N-dealkylation sites (tertiary alicyclic amines) is 1. The lowest BCUT2D eigenvalue weighted by molar-refractivity contribution is -0.186. The van der Waals surface area contributed by atoms with Gasteiger partial charge in [-0.25, -0.2) is 0 Å². The standard InChI is InChI=1S/C16H23F3N2/c1-11-3-5-13(6-4-11)15(12(2)20)21-9-7-14(8-10-21)16(17,18)19/h3-6,12,14-15H,7-10,20H2,1-2H3. The molecule has 2 unspecified atom stereocenters. The zero-order valence-electron chi connectivity index (χ0n) is 12.5. The molecule has 0 aromatic heterocycles. The molecule has 0 amide bonds. The summed E-state index contributed by atoms with van der Waals surface area (Å²) in [4.78, 5) is 2.09. The van der Waals surface area contributed by atoms with Gasteiger partial charge in [-0.1, -0.05) is 29.8 Å². The second-order valence-corrected chi connectivity index (χ2v) is 6.07. The van der Waals surface area contributed by atoms with Crippen LogP contribution in [0.15, 0.2) is 24.3 Å². The molecule has 0 radical (unpaired) electrons. The average molecular weight is 300 g/mol. The van der Waals surface area contributed by atoms with Crippen LogP contribution in [-0.4, -0.2) is 30.2 Å². The van der Waals surface area contributed by atoms with E-state index in [1.807, 2.05) is 38.1 Å². The fraction of sp³-hybridized carbons (Fsp3) is 0.625. The van der Waals surface area contributed by atoms with Crippen LogP contribution in [0.2, 0.25) is 0 Å². The van der Waals surface area contributed by atoms with Crippen molar-refractivity contribution in [1.82, 2.24) is 4.90 Å². The molecule has 0 saturated carbocycles. The molecule has 1 aromatic carbocycles. The molecule has 21 heavy (non-hydrogen) atoms. The van der Waals surface area contributed by atoms with Gasteiger partial charge < -0.3 is 5.73 Å². The normalized spacial score (nSPS) is 21.2. The number of nitrogens with zero attached hydrogens (tertiary/aromatic N) is 1. The van der Waals surface area contributed by atoms with E-state index >= 15 is 0 Å².